The van der Waals surface area contributed by atoms with Crippen molar-refractivity contribution < 1.29 is 37.3 Å². The van der Waals surface area contributed by atoms with E-state index in [1.54, 1.807) is 0 Å². The number of hydrogen-bond acceptors (Lipinski definition) is 6. The highest BCUT2D eigenvalue weighted by atomic mass is 31.2. The molecule has 1 amide bonds. The van der Waals surface area contributed by atoms with Crippen LogP contribution in [0.3, 0.4) is 0 Å². The summed E-state index contributed by atoms with van der Waals surface area (Å²) in [5.74, 6) is -0.543. The van der Waals surface area contributed by atoms with Crippen molar-refractivity contribution in [3.63, 3.8) is 0 Å². The molecule has 0 radical (unpaired) electrons. The van der Waals surface area contributed by atoms with Crippen molar-refractivity contribution in [2.45, 2.75) is 264 Å². The fourth-order valence-electron chi connectivity index (χ4n) is 8.33. The van der Waals surface area contributed by atoms with Gasteiger partial charge in [0.2, 0.25) is 5.91 Å². The number of allylic oxidation sites excluding steroid dienone is 15. The number of quaternary nitrogens is 1. The van der Waals surface area contributed by atoms with Crippen LogP contribution in [-0.2, 0) is 27.9 Å². The Morgan fingerprint density at radius 2 is 0.907 bits per heavy atom. The maximum atomic E-state index is 13.5. The largest absolute Gasteiger partial charge is 0.472 e. The Balaban J connectivity index is 5.35. The number of carbonyl (C=O) groups excluding carboxylic acids is 2. The summed E-state index contributed by atoms with van der Waals surface area (Å²) >= 11 is 0. The van der Waals surface area contributed by atoms with Crippen LogP contribution in [0.2, 0.25) is 0 Å². The fraction of sp³-hybridized carbons (Fsp3) is 0.723. The van der Waals surface area contributed by atoms with Crippen molar-refractivity contribution in [3.8, 4) is 0 Å². The normalized spacial score (nSPS) is 14.4. The van der Waals surface area contributed by atoms with Gasteiger partial charge in [-0.3, -0.25) is 18.6 Å². The van der Waals surface area contributed by atoms with Gasteiger partial charge in [0, 0.05) is 12.8 Å². The number of ether oxygens (including phenoxy) is 1. The molecule has 0 aliphatic carbocycles. The Labute approximate surface area is 462 Å². The van der Waals surface area contributed by atoms with Gasteiger partial charge in [-0.1, -0.05) is 240 Å². The minimum Gasteiger partial charge on any atom is -0.456 e. The predicted octanol–water partition coefficient (Wildman–Crippen LogP) is 18.8. The molecule has 9 nitrogen and oxygen atoms in total. The third-order valence-corrected chi connectivity index (χ3v) is 14.1. The second-order valence-electron chi connectivity index (χ2n) is 21.6. The van der Waals surface area contributed by atoms with Crippen LogP contribution in [-0.4, -0.2) is 74.3 Å². The highest BCUT2D eigenvalue weighted by molar-refractivity contribution is 7.47. The summed E-state index contributed by atoms with van der Waals surface area (Å²) in [6.45, 7) is 6.83. The second-order valence-corrected chi connectivity index (χ2v) is 23.0. The Bertz CT molecular complexity index is 1610. The standard InChI is InChI=1S/C65H115N2O7P/c1-7-10-13-16-19-22-25-28-30-31-32-33-34-35-37-39-42-45-48-51-54-57-64(68)66-62(61-73-75(70,71)72-60-59-67(4,5)6)63(56-53-50-47-44-41-38-27-24-21-18-15-12-9-3)74-65(69)58-55-52-49-46-43-40-36-29-26-23-20-17-14-11-8-2/h11,14,17,19-20,22-23,26,28,30,32-33,35,37,53,56,62-63H,7-10,12-13,15-16,18,21,24-25,27,29,31,34,36,38-52,54-55,57-61H2,1-6H3,(H-,66,68,70,71)/p+1/b14-11+,20-17+,22-19-,26-23+,30-28-,33-32-,37-35-,56-53-. The van der Waals surface area contributed by atoms with Crippen LogP contribution in [0.1, 0.15) is 252 Å². The van der Waals surface area contributed by atoms with E-state index in [0.29, 0.717) is 17.4 Å². The number of hydrogen-bond donors (Lipinski definition) is 2. The van der Waals surface area contributed by atoms with Crippen LogP contribution in [0.25, 0.3) is 0 Å². The van der Waals surface area contributed by atoms with Crippen molar-refractivity contribution in [2.24, 2.45) is 0 Å². The van der Waals surface area contributed by atoms with Gasteiger partial charge in [0.1, 0.15) is 19.3 Å². The van der Waals surface area contributed by atoms with Gasteiger partial charge in [0.05, 0.1) is 33.8 Å². The first-order valence-electron chi connectivity index (χ1n) is 30.6. The summed E-state index contributed by atoms with van der Waals surface area (Å²) < 4.78 is 30.7. The van der Waals surface area contributed by atoms with E-state index in [-0.39, 0.29) is 31.5 Å². The van der Waals surface area contributed by atoms with Gasteiger partial charge < -0.3 is 19.4 Å². The predicted molar refractivity (Wildman–Crippen MR) is 323 cm³/mol. The monoisotopic (exact) mass is 1070 g/mol. The van der Waals surface area contributed by atoms with E-state index in [1.807, 2.05) is 33.3 Å². The summed E-state index contributed by atoms with van der Waals surface area (Å²) in [7, 11) is 1.46. The summed E-state index contributed by atoms with van der Waals surface area (Å²) in [4.78, 5) is 37.7. The van der Waals surface area contributed by atoms with E-state index in [2.05, 4.69) is 111 Å². The summed E-state index contributed by atoms with van der Waals surface area (Å²) in [6.07, 6.45) is 72.5. The molecule has 0 saturated heterocycles. The molecule has 75 heavy (non-hydrogen) atoms. The van der Waals surface area contributed by atoms with Crippen molar-refractivity contribution in [2.75, 3.05) is 40.9 Å². The molecular formula is C65H116N2O7P+. The Kier molecular flexibility index (Phi) is 52.1. The van der Waals surface area contributed by atoms with Gasteiger partial charge in [0.25, 0.3) is 0 Å². The number of nitrogens with one attached hydrogen (secondary N) is 1. The molecule has 0 saturated carbocycles. The summed E-state index contributed by atoms with van der Waals surface area (Å²) in [6, 6.07) is -0.869. The van der Waals surface area contributed by atoms with E-state index >= 15 is 0 Å². The third-order valence-electron chi connectivity index (χ3n) is 13.1. The lowest BCUT2D eigenvalue weighted by Crippen LogP contribution is -2.47. The molecule has 0 aliphatic heterocycles. The van der Waals surface area contributed by atoms with E-state index in [1.165, 1.54) is 103 Å². The first-order chi connectivity index (χ1) is 36.4. The van der Waals surface area contributed by atoms with E-state index in [4.69, 9.17) is 13.8 Å². The Morgan fingerprint density at radius 3 is 1.41 bits per heavy atom. The minimum absolute atomic E-state index is 0.0295. The van der Waals surface area contributed by atoms with Crippen molar-refractivity contribution in [1.29, 1.82) is 0 Å². The Morgan fingerprint density at radius 1 is 0.493 bits per heavy atom. The zero-order valence-electron chi connectivity index (χ0n) is 49.3. The van der Waals surface area contributed by atoms with E-state index in [0.717, 1.165) is 116 Å². The minimum atomic E-state index is -4.46. The van der Waals surface area contributed by atoms with Crippen LogP contribution >= 0.6 is 7.82 Å². The highest BCUT2D eigenvalue weighted by Crippen LogP contribution is 2.43. The lowest BCUT2D eigenvalue weighted by molar-refractivity contribution is -0.870. The van der Waals surface area contributed by atoms with Gasteiger partial charge in [-0.15, -0.1) is 0 Å². The van der Waals surface area contributed by atoms with Crippen LogP contribution < -0.4 is 5.32 Å². The average Bonchev–Trinajstić information content (AvgIpc) is 3.37. The molecule has 0 fully saturated rings. The third kappa shape index (κ3) is 55.5. The van der Waals surface area contributed by atoms with Crippen LogP contribution in [0.5, 0.6) is 0 Å². The molecule has 0 aromatic rings. The van der Waals surface area contributed by atoms with Crippen LogP contribution in [0.4, 0.5) is 0 Å². The topological polar surface area (TPSA) is 111 Å². The lowest BCUT2D eigenvalue weighted by Gasteiger charge is -2.27. The summed E-state index contributed by atoms with van der Waals surface area (Å²) in [5.41, 5.74) is 0. The molecule has 0 bridgehead atoms. The maximum absolute atomic E-state index is 13.5. The number of phosphoric ester groups is 1. The molecule has 3 unspecified atom stereocenters. The number of esters is 1. The quantitative estimate of drug-likeness (QED) is 0.0156. The highest BCUT2D eigenvalue weighted by Gasteiger charge is 2.30. The van der Waals surface area contributed by atoms with Gasteiger partial charge in [-0.25, -0.2) is 4.57 Å². The second kappa shape index (κ2) is 54.3. The number of phosphoric acid groups is 1. The number of carbonyl (C=O) groups is 2. The van der Waals surface area contributed by atoms with E-state index in [9.17, 15) is 19.0 Å². The number of rotatable bonds is 54. The average molecular weight is 1070 g/mol. The molecule has 0 rings (SSSR count). The zero-order chi connectivity index (χ0) is 55.0. The van der Waals surface area contributed by atoms with Crippen molar-refractivity contribution in [1.82, 2.24) is 5.32 Å². The first-order valence-corrected chi connectivity index (χ1v) is 32.1. The van der Waals surface area contributed by atoms with Crippen molar-refractivity contribution >= 4 is 19.7 Å². The van der Waals surface area contributed by atoms with Crippen molar-refractivity contribution in [3.05, 3.63) is 97.2 Å². The van der Waals surface area contributed by atoms with Gasteiger partial charge in [-0.2, -0.15) is 0 Å². The molecule has 3 atom stereocenters. The molecule has 0 aromatic heterocycles. The van der Waals surface area contributed by atoms with Gasteiger partial charge >= 0.3 is 13.8 Å². The Hall–Kier alpha value is -3.07. The van der Waals surface area contributed by atoms with E-state index < -0.39 is 20.0 Å². The molecular weight excluding hydrogens is 952 g/mol. The number of amides is 1. The summed E-state index contributed by atoms with van der Waals surface area (Å²) in [5, 5.41) is 3.04. The number of nitrogens with zero attached hydrogens (tertiary/aromatic N) is 1. The van der Waals surface area contributed by atoms with Crippen LogP contribution in [0, 0.1) is 0 Å². The number of likely N-dealkylation sites (N-methyl/N-ethyl adjacent to an activating group) is 1. The number of unbranched alkanes of at least 4 members (excludes halogenated alkanes) is 26. The maximum Gasteiger partial charge on any atom is 0.472 e. The molecule has 10 heteroatoms. The van der Waals surface area contributed by atoms with Crippen LogP contribution in [0.15, 0.2) is 97.2 Å². The first kappa shape index (κ1) is 71.9. The molecule has 0 aromatic carbocycles. The smallest absolute Gasteiger partial charge is 0.456 e. The zero-order valence-corrected chi connectivity index (χ0v) is 50.2. The molecule has 2 N–H and O–H groups in total. The molecule has 0 aliphatic rings. The lowest BCUT2D eigenvalue weighted by atomic mass is 10.0. The SMILES string of the molecule is CC/C=C/C=C/C=C/CCCCCCCCCC(=O)OC(/C=C\CCCCCCCCCCCCC)C(COP(=O)(O)OCC[N+](C)(C)C)NC(=O)CCCCCCC/C=C\C/C=C\C/C=C\C/C=C\CCCCC. The molecule has 0 heterocycles. The molecule has 0 spiro atoms. The molecule has 432 valence electrons. The van der Waals surface area contributed by atoms with Gasteiger partial charge in [-0.05, 0) is 96.0 Å². The van der Waals surface area contributed by atoms with Gasteiger partial charge in [0.15, 0.2) is 0 Å². The fourth-order valence-corrected chi connectivity index (χ4v) is 9.07.